The molecule has 0 fully saturated rings. The zero-order valence-electron chi connectivity index (χ0n) is 25.2. The first-order chi connectivity index (χ1) is 21.5. The maximum atomic E-state index is 4.48. The summed E-state index contributed by atoms with van der Waals surface area (Å²) >= 11 is 0. The van der Waals surface area contributed by atoms with E-state index in [1.165, 1.54) is 44.6 Å². The average Bonchev–Trinajstić information content (AvgIpc) is 3.73. The van der Waals surface area contributed by atoms with Gasteiger partial charge in [-0.1, -0.05) is 138 Å². The van der Waals surface area contributed by atoms with Gasteiger partial charge >= 0.3 is 0 Å². The Labute approximate surface area is 258 Å². The quantitative estimate of drug-likeness (QED) is 0.191. The SMILES string of the molecule is Cc1ccc(-c2cn(C(C)c3ccc(-n4c(-c5ccc(C)cc5)cc(-c5ccccc5)c4-c4ccccc4)cc3)nn2)cc1. The van der Waals surface area contributed by atoms with Crippen LogP contribution in [0.5, 0.6) is 0 Å². The molecule has 0 amide bonds. The van der Waals surface area contributed by atoms with Crippen LogP contribution in [0.25, 0.3) is 50.6 Å². The summed E-state index contributed by atoms with van der Waals surface area (Å²) in [5, 5.41) is 8.95. The molecule has 0 spiro atoms. The molecule has 7 rings (SSSR count). The van der Waals surface area contributed by atoms with Gasteiger partial charge in [0.15, 0.2) is 0 Å². The molecule has 0 aliphatic carbocycles. The van der Waals surface area contributed by atoms with Gasteiger partial charge in [0.05, 0.1) is 23.6 Å². The number of hydrogen-bond acceptors (Lipinski definition) is 2. The van der Waals surface area contributed by atoms with E-state index < -0.39 is 0 Å². The highest BCUT2D eigenvalue weighted by Crippen LogP contribution is 2.41. The molecule has 0 saturated heterocycles. The maximum absolute atomic E-state index is 4.48. The molecule has 44 heavy (non-hydrogen) atoms. The molecule has 1 unspecified atom stereocenters. The van der Waals surface area contributed by atoms with Crippen LogP contribution < -0.4 is 0 Å². The van der Waals surface area contributed by atoms with Crippen LogP contribution in [0.2, 0.25) is 0 Å². The molecule has 5 aromatic carbocycles. The van der Waals surface area contributed by atoms with Gasteiger partial charge in [-0.05, 0) is 61.2 Å². The van der Waals surface area contributed by atoms with Gasteiger partial charge in [-0.15, -0.1) is 5.10 Å². The van der Waals surface area contributed by atoms with E-state index in [0.29, 0.717) is 0 Å². The Balaban J connectivity index is 1.33. The molecule has 0 bridgehead atoms. The van der Waals surface area contributed by atoms with Crippen molar-refractivity contribution in [3.8, 4) is 50.6 Å². The summed E-state index contributed by atoms with van der Waals surface area (Å²) in [5.41, 5.74) is 13.8. The average molecular weight is 571 g/mol. The van der Waals surface area contributed by atoms with Crippen molar-refractivity contribution in [3.63, 3.8) is 0 Å². The largest absolute Gasteiger partial charge is 0.309 e. The van der Waals surface area contributed by atoms with Crippen LogP contribution in [0, 0.1) is 13.8 Å². The highest BCUT2D eigenvalue weighted by Gasteiger charge is 2.21. The van der Waals surface area contributed by atoms with E-state index >= 15 is 0 Å². The molecule has 4 nitrogen and oxygen atoms in total. The van der Waals surface area contributed by atoms with Gasteiger partial charge in [-0.25, -0.2) is 4.68 Å². The predicted molar refractivity (Wildman–Crippen MR) is 181 cm³/mol. The molecule has 4 heteroatoms. The second kappa shape index (κ2) is 11.7. The van der Waals surface area contributed by atoms with Crippen LogP contribution >= 0.6 is 0 Å². The standard InChI is InChI=1S/C40H34N4/c1-28-14-18-33(19-15-28)38-27-43(42-41-38)30(3)31-22-24-36(25-23-31)44-39(34-20-16-29(2)17-21-34)26-37(32-10-6-4-7-11-32)40(44)35-12-8-5-9-13-35/h4-27,30H,1-3H3. The summed E-state index contributed by atoms with van der Waals surface area (Å²) in [5.74, 6) is 0. The Kier molecular flexibility index (Phi) is 7.25. The fraction of sp³-hybridized carbons (Fsp3) is 0.100. The smallest absolute Gasteiger partial charge is 0.113 e. The Morgan fingerprint density at radius 1 is 0.568 bits per heavy atom. The van der Waals surface area contributed by atoms with E-state index in [1.54, 1.807) is 0 Å². The number of rotatable bonds is 7. The zero-order chi connectivity index (χ0) is 30.0. The van der Waals surface area contributed by atoms with Gasteiger partial charge in [0.25, 0.3) is 0 Å². The second-order valence-corrected chi connectivity index (χ2v) is 11.4. The highest BCUT2D eigenvalue weighted by atomic mass is 15.4. The van der Waals surface area contributed by atoms with E-state index in [4.69, 9.17) is 0 Å². The lowest BCUT2D eigenvalue weighted by molar-refractivity contribution is 0.543. The van der Waals surface area contributed by atoms with Crippen LogP contribution in [0.3, 0.4) is 0 Å². The highest BCUT2D eigenvalue weighted by molar-refractivity contribution is 5.88. The predicted octanol–water partition coefficient (Wildman–Crippen LogP) is 9.96. The van der Waals surface area contributed by atoms with Crippen molar-refractivity contribution in [2.75, 3.05) is 0 Å². The van der Waals surface area contributed by atoms with Crippen LogP contribution in [0.1, 0.15) is 29.7 Å². The summed E-state index contributed by atoms with van der Waals surface area (Å²) < 4.78 is 4.35. The van der Waals surface area contributed by atoms with Crippen LogP contribution in [0.4, 0.5) is 0 Å². The Bertz CT molecular complexity index is 2000. The topological polar surface area (TPSA) is 35.6 Å². The number of hydrogen-bond donors (Lipinski definition) is 0. The van der Waals surface area contributed by atoms with E-state index in [9.17, 15) is 0 Å². The lowest BCUT2D eigenvalue weighted by atomic mass is 10.0. The molecule has 214 valence electrons. The molecule has 0 aliphatic heterocycles. The zero-order valence-corrected chi connectivity index (χ0v) is 25.2. The summed E-state index contributed by atoms with van der Waals surface area (Å²) in [6, 6.07) is 49.8. The number of benzene rings is 5. The summed E-state index contributed by atoms with van der Waals surface area (Å²) in [6.07, 6.45) is 2.03. The van der Waals surface area contributed by atoms with Gasteiger partial charge < -0.3 is 4.57 Å². The molecule has 2 aromatic heterocycles. The molecule has 2 heterocycles. The minimum Gasteiger partial charge on any atom is -0.309 e. The lowest BCUT2D eigenvalue weighted by Crippen LogP contribution is -2.08. The van der Waals surface area contributed by atoms with Gasteiger partial charge in [-0.3, -0.25) is 0 Å². The molecule has 1 atom stereocenters. The normalized spacial score (nSPS) is 11.9. The van der Waals surface area contributed by atoms with Crippen molar-refractivity contribution >= 4 is 0 Å². The fourth-order valence-electron chi connectivity index (χ4n) is 5.81. The van der Waals surface area contributed by atoms with Crippen molar-refractivity contribution in [2.45, 2.75) is 26.8 Å². The van der Waals surface area contributed by atoms with Gasteiger partial charge in [0.2, 0.25) is 0 Å². The van der Waals surface area contributed by atoms with Crippen molar-refractivity contribution in [1.29, 1.82) is 0 Å². The molecule has 7 aromatic rings. The molecular formula is C40H34N4. The Hall–Kier alpha value is -5.48. The first-order valence-electron chi connectivity index (χ1n) is 15.1. The van der Waals surface area contributed by atoms with Gasteiger partial charge in [0, 0.05) is 16.8 Å². The van der Waals surface area contributed by atoms with Crippen molar-refractivity contribution in [1.82, 2.24) is 19.6 Å². The third kappa shape index (κ3) is 5.27. The van der Waals surface area contributed by atoms with E-state index in [2.05, 4.69) is 175 Å². The maximum Gasteiger partial charge on any atom is 0.113 e. The van der Waals surface area contributed by atoms with E-state index in [-0.39, 0.29) is 6.04 Å². The number of aromatic nitrogens is 4. The van der Waals surface area contributed by atoms with Crippen LogP contribution in [-0.4, -0.2) is 19.6 Å². The molecule has 0 aliphatic rings. The third-order valence-corrected chi connectivity index (χ3v) is 8.37. The van der Waals surface area contributed by atoms with Crippen molar-refractivity contribution in [3.05, 3.63) is 162 Å². The number of nitrogens with zero attached hydrogens (tertiary/aromatic N) is 4. The minimum atomic E-state index is 0.0328. The van der Waals surface area contributed by atoms with Crippen molar-refractivity contribution < 1.29 is 0 Å². The Morgan fingerprint density at radius 3 is 1.75 bits per heavy atom. The van der Waals surface area contributed by atoms with Gasteiger partial charge in [-0.2, -0.15) is 0 Å². The summed E-state index contributed by atoms with van der Waals surface area (Å²) in [4.78, 5) is 0. The first kappa shape index (κ1) is 27.4. The number of aryl methyl sites for hydroxylation is 2. The lowest BCUT2D eigenvalue weighted by Gasteiger charge is -2.17. The molecular weight excluding hydrogens is 536 g/mol. The first-order valence-corrected chi connectivity index (χ1v) is 15.1. The van der Waals surface area contributed by atoms with E-state index in [0.717, 1.165) is 22.6 Å². The summed E-state index contributed by atoms with van der Waals surface area (Å²) in [7, 11) is 0. The van der Waals surface area contributed by atoms with Gasteiger partial charge in [0.1, 0.15) is 5.69 Å². The van der Waals surface area contributed by atoms with Crippen molar-refractivity contribution in [2.24, 2.45) is 0 Å². The van der Waals surface area contributed by atoms with Crippen LogP contribution in [0.15, 0.2) is 146 Å². The molecule has 0 N–H and O–H groups in total. The third-order valence-electron chi connectivity index (χ3n) is 8.37. The molecule has 0 radical (unpaired) electrons. The van der Waals surface area contributed by atoms with E-state index in [1.807, 2.05) is 10.9 Å². The second-order valence-electron chi connectivity index (χ2n) is 11.4. The minimum absolute atomic E-state index is 0.0328. The summed E-state index contributed by atoms with van der Waals surface area (Å²) in [6.45, 7) is 6.39. The van der Waals surface area contributed by atoms with Crippen LogP contribution in [-0.2, 0) is 0 Å². The fourth-order valence-corrected chi connectivity index (χ4v) is 5.81. The monoisotopic (exact) mass is 570 g/mol. The molecule has 0 saturated carbocycles. The Morgan fingerprint density at radius 2 is 1.14 bits per heavy atom.